The van der Waals surface area contributed by atoms with Crippen molar-refractivity contribution in [2.24, 2.45) is 4.99 Å². The lowest BCUT2D eigenvalue weighted by Crippen LogP contribution is -2.53. The SMILES string of the molecule is COC(=O)C1=C(CN2CCN3C(=O)N(c4ccc(OC(C)(C)C(C)=O)cc4)C[C@@H]3C2)NC(c2nccs2)=N[C@H]1c1ccc(F)cc1Cl. The molecule has 246 valence electrons. The molecule has 3 aliphatic heterocycles. The van der Waals surface area contributed by atoms with Crippen LogP contribution in [0.25, 0.3) is 0 Å². The monoisotopic (exact) mass is 680 g/mol. The van der Waals surface area contributed by atoms with Gasteiger partial charge in [-0.05, 0) is 57.2 Å². The van der Waals surface area contributed by atoms with Gasteiger partial charge in [-0.2, -0.15) is 0 Å². The van der Waals surface area contributed by atoms with Crippen LogP contribution in [0.4, 0.5) is 14.9 Å². The van der Waals surface area contributed by atoms with Crippen LogP contribution in [0.1, 0.15) is 37.4 Å². The summed E-state index contributed by atoms with van der Waals surface area (Å²) >= 11 is 7.88. The van der Waals surface area contributed by atoms with Crippen molar-refractivity contribution in [3.63, 3.8) is 0 Å². The van der Waals surface area contributed by atoms with Crippen molar-refractivity contribution in [1.29, 1.82) is 0 Å². The van der Waals surface area contributed by atoms with Gasteiger partial charge in [0.25, 0.3) is 0 Å². The zero-order chi connectivity index (χ0) is 33.5. The first-order valence-corrected chi connectivity index (χ1v) is 16.3. The molecular formula is C33H34ClFN6O5S. The van der Waals surface area contributed by atoms with Crippen molar-refractivity contribution in [2.75, 3.05) is 44.7 Å². The maximum absolute atomic E-state index is 14.0. The Bertz CT molecular complexity index is 1760. The Morgan fingerprint density at radius 2 is 1.91 bits per heavy atom. The molecule has 2 aromatic carbocycles. The zero-order valence-corrected chi connectivity index (χ0v) is 27.9. The molecule has 0 saturated carbocycles. The van der Waals surface area contributed by atoms with E-state index in [-0.39, 0.29) is 28.5 Å². The van der Waals surface area contributed by atoms with Crippen LogP contribution in [-0.2, 0) is 14.3 Å². The number of hydrogen-bond acceptors (Lipinski definition) is 10. The molecule has 2 saturated heterocycles. The van der Waals surface area contributed by atoms with Crippen LogP contribution in [0.5, 0.6) is 5.75 Å². The van der Waals surface area contributed by atoms with Gasteiger partial charge in [-0.15, -0.1) is 11.3 Å². The van der Waals surface area contributed by atoms with Crippen LogP contribution in [0, 0.1) is 5.82 Å². The number of esters is 1. The van der Waals surface area contributed by atoms with Gasteiger partial charge in [0, 0.05) is 66.3 Å². The molecule has 2 amide bonds. The lowest BCUT2D eigenvalue weighted by Gasteiger charge is -2.38. The number of aliphatic imine (C=N–C) groups is 1. The number of carbonyl (C=O) groups excluding carboxylic acids is 3. The van der Waals surface area contributed by atoms with E-state index in [1.54, 1.807) is 37.1 Å². The number of urea groups is 1. The second-order valence-electron chi connectivity index (χ2n) is 12.0. The highest BCUT2D eigenvalue weighted by Crippen LogP contribution is 2.37. The van der Waals surface area contributed by atoms with Gasteiger partial charge < -0.3 is 19.7 Å². The van der Waals surface area contributed by atoms with Gasteiger partial charge in [0.15, 0.2) is 22.2 Å². The number of amides is 2. The number of benzene rings is 2. The summed E-state index contributed by atoms with van der Waals surface area (Å²) in [7, 11) is 1.30. The molecule has 2 atom stereocenters. The number of anilines is 1. The summed E-state index contributed by atoms with van der Waals surface area (Å²) in [5, 5.41) is 5.91. The Morgan fingerprint density at radius 3 is 2.57 bits per heavy atom. The Morgan fingerprint density at radius 1 is 1.15 bits per heavy atom. The third-order valence-corrected chi connectivity index (χ3v) is 9.72. The summed E-state index contributed by atoms with van der Waals surface area (Å²) < 4.78 is 25.1. The predicted octanol–water partition coefficient (Wildman–Crippen LogP) is 4.83. The van der Waals surface area contributed by atoms with Crippen LogP contribution < -0.4 is 15.0 Å². The van der Waals surface area contributed by atoms with E-state index in [0.29, 0.717) is 60.6 Å². The summed E-state index contributed by atoms with van der Waals surface area (Å²) in [6.07, 6.45) is 1.67. The molecule has 2 fully saturated rings. The summed E-state index contributed by atoms with van der Waals surface area (Å²) in [5.74, 6) is -0.162. The number of halogens is 2. The van der Waals surface area contributed by atoms with Crippen molar-refractivity contribution in [1.82, 2.24) is 20.1 Å². The van der Waals surface area contributed by atoms with Gasteiger partial charge in [-0.25, -0.2) is 19.0 Å². The number of thiazole rings is 1. The second kappa shape index (κ2) is 13.1. The molecule has 0 spiro atoms. The largest absolute Gasteiger partial charge is 0.480 e. The Hall–Kier alpha value is -4.33. The molecular weight excluding hydrogens is 647 g/mol. The van der Waals surface area contributed by atoms with E-state index in [1.165, 1.54) is 43.6 Å². The Balaban J connectivity index is 1.23. The number of carbonyl (C=O) groups is 3. The van der Waals surface area contributed by atoms with E-state index in [0.717, 1.165) is 5.69 Å². The first kappa shape index (κ1) is 32.6. The summed E-state index contributed by atoms with van der Waals surface area (Å²) in [5.41, 5.74) is 1.08. The number of aromatic nitrogens is 1. The van der Waals surface area contributed by atoms with Crippen molar-refractivity contribution >= 4 is 52.2 Å². The lowest BCUT2D eigenvalue weighted by molar-refractivity contribution is -0.136. The molecule has 0 unspecified atom stereocenters. The smallest absolute Gasteiger partial charge is 0.338 e. The number of fused-ring (bicyclic) bond motifs is 1. The number of ketones is 1. The summed E-state index contributed by atoms with van der Waals surface area (Å²) in [6.45, 7) is 7.35. The van der Waals surface area contributed by atoms with Gasteiger partial charge in [-0.1, -0.05) is 17.7 Å². The first-order valence-electron chi connectivity index (χ1n) is 15.1. The van der Waals surface area contributed by atoms with Crippen LogP contribution >= 0.6 is 22.9 Å². The van der Waals surface area contributed by atoms with Crippen molar-refractivity contribution in [3.05, 3.63) is 86.7 Å². The number of rotatable bonds is 9. The van der Waals surface area contributed by atoms with Gasteiger partial charge in [0.2, 0.25) is 0 Å². The van der Waals surface area contributed by atoms with E-state index in [4.69, 9.17) is 26.1 Å². The molecule has 0 bridgehead atoms. The first-order chi connectivity index (χ1) is 22.4. The second-order valence-corrected chi connectivity index (χ2v) is 13.3. The number of piperazine rings is 1. The number of nitrogens with zero attached hydrogens (tertiary/aromatic N) is 5. The van der Waals surface area contributed by atoms with Crippen LogP contribution in [0.2, 0.25) is 5.02 Å². The van der Waals surface area contributed by atoms with Crippen LogP contribution in [-0.4, -0.2) is 89.9 Å². The van der Waals surface area contributed by atoms with E-state index < -0.39 is 23.4 Å². The molecule has 47 heavy (non-hydrogen) atoms. The number of ether oxygens (including phenoxy) is 2. The molecule has 0 aliphatic carbocycles. The number of hydrogen-bond donors (Lipinski definition) is 1. The molecule has 11 nitrogen and oxygen atoms in total. The van der Waals surface area contributed by atoms with Crippen molar-refractivity contribution < 1.29 is 28.2 Å². The maximum atomic E-state index is 14.0. The summed E-state index contributed by atoms with van der Waals surface area (Å²) in [6, 6.07) is 10.1. The maximum Gasteiger partial charge on any atom is 0.338 e. The number of amidine groups is 1. The minimum Gasteiger partial charge on any atom is -0.480 e. The molecule has 3 aliphatic rings. The van der Waals surface area contributed by atoms with E-state index in [1.807, 2.05) is 22.4 Å². The van der Waals surface area contributed by atoms with Crippen molar-refractivity contribution in [2.45, 2.75) is 38.5 Å². The van der Waals surface area contributed by atoms with E-state index in [9.17, 15) is 18.8 Å². The highest BCUT2D eigenvalue weighted by Gasteiger charge is 2.42. The van der Waals surface area contributed by atoms with E-state index in [2.05, 4.69) is 15.2 Å². The average Bonchev–Trinajstić information content (AvgIpc) is 3.69. The molecule has 14 heteroatoms. The minimum absolute atomic E-state index is 0.0816. The van der Waals surface area contributed by atoms with Gasteiger partial charge in [0.05, 0.1) is 18.7 Å². The Kier molecular flexibility index (Phi) is 9.05. The highest BCUT2D eigenvalue weighted by molar-refractivity contribution is 7.11. The topological polar surface area (TPSA) is 117 Å². The third-order valence-electron chi connectivity index (χ3n) is 8.61. The average molecular weight is 681 g/mol. The fourth-order valence-electron chi connectivity index (χ4n) is 5.88. The molecule has 3 aromatic rings. The molecule has 1 N–H and O–H groups in total. The minimum atomic E-state index is -0.955. The molecule has 4 heterocycles. The highest BCUT2D eigenvalue weighted by atomic mass is 35.5. The number of methoxy groups -OCH3 is 1. The van der Waals surface area contributed by atoms with Crippen molar-refractivity contribution in [3.8, 4) is 5.75 Å². The number of Topliss-reactive ketones (excluding diaryl/α,β-unsaturated/α-hetero) is 1. The molecule has 0 radical (unpaired) electrons. The zero-order valence-electron chi connectivity index (χ0n) is 26.3. The predicted molar refractivity (Wildman–Crippen MR) is 176 cm³/mol. The molecule has 1 aromatic heterocycles. The lowest BCUT2D eigenvalue weighted by atomic mass is 9.95. The third kappa shape index (κ3) is 6.60. The van der Waals surface area contributed by atoms with Gasteiger partial charge in [-0.3, -0.25) is 19.6 Å². The summed E-state index contributed by atoms with van der Waals surface area (Å²) in [4.78, 5) is 53.7. The Labute approximate surface area is 280 Å². The fraction of sp³-hybridized carbons (Fsp3) is 0.364. The molecule has 6 rings (SSSR count). The van der Waals surface area contributed by atoms with Gasteiger partial charge >= 0.3 is 12.0 Å². The standard InChI is InChI=1S/C33H34ClFN6O5S/c1-19(42)33(2,3)46-23-8-6-21(7-9-23)41-17-22-16-39(12-13-40(22)32(41)44)18-26-27(31(43)45-4)28(24-10-5-20(35)15-25(24)34)38-29(37-26)30-36-11-14-47-30/h5-11,14-15,22,28H,12-13,16-18H2,1-4H3,(H,37,38)/t22-,28-/m0/s1. The van der Waals surface area contributed by atoms with E-state index >= 15 is 0 Å². The van der Waals surface area contributed by atoms with Crippen LogP contribution in [0.3, 0.4) is 0 Å². The normalized spacial score (nSPS) is 20.1. The van der Waals surface area contributed by atoms with Gasteiger partial charge in [0.1, 0.15) is 17.6 Å². The fourth-order valence-corrected chi connectivity index (χ4v) is 6.74. The quantitative estimate of drug-likeness (QED) is 0.320. The van der Waals surface area contributed by atoms with Crippen LogP contribution in [0.15, 0.2) is 70.3 Å². The number of nitrogens with one attached hydrogen (secondary N) is 1.